The van der Waals surface area contributed by atoms with E-state index >= 15 is 0 Å². The van der Waals surface area contributed by atoms with Crippen molar-refractivity contribution in [3.63, 3.8) is 0 Å². The Bertz CT molecular complexity index is 1560. The topological polar surface area (TPSA) is 111 Å². The van der Waals surface area contributed by atoms with Crippen molar-refractivity contribution in [3.8, 4) is 5.75 Å². The average Bonchev–Trinajstić information content (AvgIpc) is 3.33. The molecule has 3 atom stereocenters. The maximum absolute atomic E-state index is 13.4. The van der Waals surface area contributed by atoms with Crippen LogP contribution in [0.5, 0.6) is 5.75 Å². The quantitative estimate of drug-likeness (QED) is 0.344. The molecular formula is C30H29N3O5. The van der Waals surface area contributed by atoms with E-state index in [1.165, 1.54) is 4.68 Å². The molecule has 1 aromatic heterocycles. The summed E-state index contributed by atoms with van der Waals surface area (Å²) in [5.41, 5.74) is 3.77. The lowest BCUT2D eigenvalue weighted by Gasteiger charge is -2.20. The number of ketones is 1. The van der Waals surface area contributed by atoms with Crippen LogP contribution in [0.15, 0.2) is 71.5 Å². The van der Waals surface area contributed by atoms with Crippen molar-refractivity contribution in [3.05, 3.63) is 99.3 Å². The van der Waals surface area contributed by atoms with Gasteiger partial charge in [0.1, 0.15) is 17.9 Å². The van der Waals surface area contributed by atoms with Crippen LogP contribution >= 0.6 is 0 Å². The van der Waals surface area contributed by atoms with E-state index in [0.717, 1.165) is 16.7 Å². The Kier molecular flexibility index (Phi) is 7.05. The monoisotopic (exact) mass is 511 g/mol. The molecule has 8 nitrogen and oxygen atoms in total. The van der Waals surface area contributed by atoms with Crippen LogP contribution in [-0.4, -0.2) is 31.9 Å². The standard InChI is InChI=1S/C30H29N3O5/c1-18-4-3-5-20(14-18)17-38-23-10-7-21(8-11-23)28(34)24-12-9-22(27(24)30(36)37)16-33-29(35)25-15-19(2)6-13-26(25)31-32-33/h3-8,10-11,13-15,22,24,27H,9,12,16-17H2,1-2H3,(H,36,37)/t22-,24-,27-/m0/s1. The number of nitrogens with zero attached hydrogens (tertiary/aromatic N) is 3. The lowest BCUT2D eigenvalue weighted by atomic mass is 9.84. The minimum absolute atomic E-state index is 0.0994. The number of rotatable bonds is 8. The maximum atomic E-state index is 13.4. The van der Waals surface area contributed by atoms with Gasteiger partial charge in [-0.25, -0.2) is 4.68 Å². The fourth-order valence-corrected chi connectivity index (χ4v) is 5.38. The van der Waals surface area contributed by atoms with Crippen molar-refractivity contribution in [2.75, 3.05) is 0 Å². The molecule has 0 bridgehead atoms. The van der Waals surface area contributed by atoms with Crippen molar-refractivity contribution in [2.24, 2.45) is 17.8 Å². The third-order valence-electron chi connectivity index (χ3n) is 7.32. The van der Waals surface area contributed by atoms with Crippen LogP contribution in [0.4, 0.5) is 0 Å². The summed E-state index contributed by atoms with van der Waals surface area (Å²) < 4.78 is 7.08. The van der Waals surface area contributed by atoms with Crippen LogP contribution in [-0.2, 0) is 17.9 Å². The fraction of sp³-hybridized carbons (Fsp3) is 0.300. The first-order valence-electron chi connectivity index (χ1n) is 12.7. The van der Waals surface area contributed by atoms with E-state index in [0.29, 0.717) is 41.7 Å². The number of benzene rings is 3. The van der Waals surface area contributed by atoms with E-state index < -0.39 is 23.7 Å². The van der Waals surface area contributed by atoms with E-state index in [-0.39, 0.29) is 17.9 Å². The summed E-state index contributed by atoms with van der Waals surface area (Å²) in [6.45, 7) is 4.43. The smallest absolute Gasteiger partial charge is 0.307 e. The largest absolute Gasteiger partial charge is 0.489 e. The number of carbonyl (C=O) groups is 2. The van der Waals surface area contributed by atoms with Crippen molar-refractivity contribution >= 4 is 22.7 Å². The van der Waals surface area contributed by atoms with Crippen LogP contribution in [0.2, 0.25) is 0 Å². The molecular weight excluding hydrogens is 482 g/mol. The van der Waals surface area contributed by atoms with Gasteiger partial charge in [-0.1, -0.05) is 46.7 Å². The van der Waals surface area contributed by atoms with Gasteiger partial charge in [-0.05, 0) is 74.6 Å². The second-order valence-electron chi connectivity index (χ2n) is 10.1. The number of hydrogen-bond acceptors (Lipinski definition) is 6. The summed E-state index contributed by atoms with van der Waals surface area (Å²) in [5, 5.41) is 18.7. The Morgan fingerprint density at radius 3 is 2.50 bits per heavy atom. The lowest BCUT2D eigenvalue weighted by Crippen LogP contribution is -2.34. The third-order valence-corrected chi connectivity index (χ3v) is 7.32. The van der Waals surface area contributed by atoms with Gasteiger partial charge in [0.2, 0.25) is 0 Å². The van der Waals surface area contributed by atoms with Gasteiger partial charge in [-0.3, -0.25) is 14.4 Å². The summed E-state index contributed by atoms with van der Waals surface area (Å²) >= 11 is 0. The predicted octanol–water partition coefficient (Wildman–Crippen LogP) is 4.60. The molecule has 1 saturated carbocycles. The van der Waals surface area contributed by atoms with Crippen LogP contribution in [0.3, 0.4) is 0 Å². The van der Waals surface area contributed by atoms with Crippen molar-refractivity contribution < 1.29 is 19.4 Å². The molecule has 194 valence electrons. The van der Waals surface area contributed by atoms with Crippen molar-refractivity contribution in [2.45, 2.75) is 39.8 Å². The Labute approximate surface area is 219 Å². The van der Waals surface area contributed by atoms with Gasteiger partial charge in [-0.15, -0.1) is 5.10 Å². The van der Waals surface area contributed by atoms with Gasteiger partial charge in [-0.2, -0.15) is 0 Å². The van der Waals surface area contributed by atoms with Crippen LogP contribution in [0.1, 0.15) is 39.9 Å². The number of aromatic nitrogens is 3. The molecule has 0 spiro atoms. The zero-order chi connectivity index (χ0) is 26.8. The number of carbonyl (C=O) groups excluding carboxylic acids is 1. The summed E-state index contributed by atoms with van der Waals surface area (Å²) in [4.78, 5) is 38.7. The highest BCUT2D eigenvalue weighted by Crippen LogP contribution is 2.40. The fourth-order valence-electron chi connectivity index (χ4n) is 5.38. The number of aryl methyl sites for hydroxylation is 2. The SMILES string of the molecule is Cc1cccc(COc2ccc(C(=O)[C@H]3CC[C@@H](Cn4nnc5ccc(C)cc5c4=O)[C@@H]3C(=O)O)cc2)c1. The summed E-state index contributed by atoms with van der Waals surface area (Å²) in [6.07, 6.45) is 0.936. The van der Waals surface area contributed by atoms with Gasteiger partial charge < -0.3 is 9.84 Å². The molecule has 3 aromatic carbocycles. The summed E-state index contributed by atoms with van der Waals surface area (Å²) in [6, 6.07) is 20.2. The second-order valence-corrected chi connectivity index (χ2v) is 10.1. The van der Waals surface area contributed by atoms with E-state index in [9.17, 15) is 19.5 Å². The van der Waals surface area contributed by atoms with Crippen LogP contribution in [0, 0.1) is 31.6 Å². The summed E-state index contributed by atoms with van der Waals surface area (Å²) in [5.74, 6) is -2.62. The molecule has 5 rings (SSSR count). The number of carboxylic acid groups (broad SMARTS) is 1. The normalized spacial score (nSPS) is 18.9. The Hall–Kier alpha value is -4.33. The predicted molar refractivity (Wildman–Crippen MR) is 142 cm³/mol. The number of hydrogen-bond donors (Lipinski definition) is 1. The first-order chi connectivity index (χ1) is 18.3. The number of ether oxygens (including phenoxy) is 1. The first-order valence-corrected chi connectivity index (χ1v) is 12.7. The van der Waals surface area contributed by atoms with Gasteiger partial charge in [0.25, 0.3) is 5.56 Å². The van der Waals surface area contributed by atoms with E-state index in [4.69, 9.17) is 4.74 Å². The molecule has 1 fully saturated rings. The molecule has 38 heavy (non-hydrogen) atoms. The Balaban J connectivity index is 1.29. The summed E-state index contributed by atoms with van der Waals surface area (Å²) in [7, 11) is 0. The molecule has 1 heterocycles. The molecule has 1 N–H and O–H groups in total. The van der Waals surface area contributed by atoms with Crippen molar-refractivity contribution in [1.29, 1.82) is 0 Å². The molecule has 1 aliphatic rings. The zero-order valence-electron chi connectivity index (χ0n) is 21.3. The highest BCUT2D eigenvalue weighted by atomic mass is 16.5. The molecule has 8 heteroatoms. The van der Waals surface area contributed by atoms with E-state index in [1.54, 1.807) is 36.4 Å². The minimum atomic E-state index is -1.04. The van der Waals surface area contributed by atoms with Gasteiger partial charge in [0.05, 0.1) is 17.8 Å². The van der Waals surface area contributed by atoms with Crippen molar-refractivity contribution in [1.82, 2.24) is 15.0 Å². The molecule has 0 aliphatic heterocycles. The lowest BCUT2D eigenvalue weighted by molar-refractivity contribution is -0.144. The number of carboxylic acids is 1. The number of aliphatic carboxylic acids is 1. The minimum Gasteiger partial charge on any atom is -0.489 e. The zero-order valence-corrected chi connectivity index (χ0v) is 21.3. The second kappa shape index (κ2) is 10.6. The Morgan fingerprint density at radius 2 is 1.76 bits per heavy atom. The van der Waals surface area contributed by atoms with E-state index in [1.807, 2.05) is 38.1 Å². The molecule has 1 aliphatic carbocycles. The average molecular weight is 512 g/mol. The van der Waals surface area contributed by atoms with Crippen LogP contribution in [0.25, 0.3) is 10.9 Å². The van der Waals surface area contributed by atoms with Gasteiger partial charge >= 0.3 is 5.97 Å². The molecule has 0 amide bonds. The first kappa shape index (κ1) is 25.3. The van der Waals surface area contributed by atoms with Gasteiger partial charge in [0.15, 0.2) is 5.78 Å². The molecule has 0 radical (unpaired) electrons. The molecule has 4 aromatic rings. The third kappa shape index (κ3) is 5.20. The number of Topliss-reactive ketones (excluding diaryl/α,β-unsaturated/α-hetero) is 1. The van der Waals surface area contributed by atoms with Crippen LogP contribution < -0.4 is 10.3 Å². The highest BCUT2D eigenvalue weighted by Gasteiger charge is 2.45. The van der Waals surface area contributed by atoms with Gasteiger partial charge in [0, 0.05) is 11.5 Å². The number of fused-ring (bicyclic) bond motifs is 1. The molecule has 0 unspecified atom stereocenters. The molecule has 0 saturated heterocycles. The maximum Gasteiger partial charge on any atom is 0.307 e. The Morgan fingerprint density at radius 1 is 1.00 bits per heavy atom. The van der Waals surface area contributed by atoms with E-state index in [2.05, 4.69) is 16.4 Å². The highest BCUT2D eigenvalue weighted by molar-refractivity contribution is 6.00.